The van der Waals surface area contributed by atoms with Crippen molar-refractivity contribution in [2.24, 2.45) is 0 Å². The predicted molar refractivity (Wildman–Crippen MR) is 105 cm³/mol. The Morgan fingerprint density at radius 3 is 2.81 bits per heavy atom. The minimum atomic E-state index is -0.120. The second-order valence-electron chi connectivity index (χ2n) is 6.13. The number of ether oxygens (including phenoxy) is 1. The SMILES string of the molecule is CCOc1ccc(Nc2nc(-c3ccc4c(c3)[C@H](C)C(=O)N4)cs2)cc1. The van der Waals surface area contributed by atoms with Crippen molar-refractivity contribution in [1.29, 1.82) is 0 Å². The van der Waals surface area contributed by atoms with Gasteiger partial charge in [0.2, 0.25) is 5.91 Å². The van der Waals surface area contributed by atoms with Gasteiger partial charge in [-0.1, -0.05) is 6.07 Å². The first kappa shape index (κ1) is 16.6. The van der Waals surface area contributed by atoms with E-state index >= 15 is 0 Å². The van der Waals surface area contributed by atoms with E-state index in [9.17, 15) is 4.79 Å². The number of amides is 1. The Morgan fingerprint density at radius 2 is 2.04 bits per heavy atom. The standard InChI is InChI=1S/C20H19N3O2S/c1-3-25-15-7-5-14(6-8-15)21-20-23-18(11-26-20)13-4-9-17-16(10-13)12(2)19(24)22-17/h4-12H,3H2,1-2H3,(H,21,23)(H,22,24)/t12-/m0/s1. The Balaban J connectivity index is 1.52. The summed E-state index contributed by atoms with van der Waals surface area (Å²) in [6, 6.07) is 13.8. The molecule has 26 heavy (non-hydrogen) atoms. The lowest BCUT2D eigenvalue weighted by Crippen LogP contribution is -2.08. The number of hydrogen-bond donors (Lipinski definition) is 2. The van der Waals surface area contributed by atoms with Crippen LogP contribution in [-0.2, 0) is 4.79 Å². The van der Waals surface area contributed by atoms with Gasteiger partial charge in [-0.2, -0.15) is 0 Å². The Hall–Kier alpha value is -2.86. The minimum absolute atomic E-state index is 0.0493. The molecule has 2 aromatic carbocycles. The topological polar surface area (TPSA) is 63.2 Å². The van der Waals surface area contributed by atoms with Crippen molar-refractivity contribution in [2.75, 3.05) is 17.2 Å². The van der Waals surface area contributed by atoms with Gasteiger partial charge in [0, 0.05) is 22.3 Å². The Morgan fingerprint density at radius 1 is 1.23 bits per heavy atom. The van der Waals surface area contributed by atoms with Gasteiger partial charge < -0.3 is 15.4 Å². The van der Waals surface area contributed by atoms with E-state index in [-0.39, 0.29) is 11.8 Å². The molecular weight excluding hydrogens is 346 g/mol. The second-order valence-corrected chi connectivity index (χ2v) is 6.99. The molecule has 0 aliphatic carbocycles. The van der Waals surface area contributed by atoms with Crippen molar-refractivity contribution in [3.63, 3.8) is 0 Å². The van der Waals surface area contributed by atoms with Crippen molar-refractivity contribution in [3.05, 3.63) is 53.4 Å². The summed E-state index contributed by atoms with van der Waals surface area (Å²) in [5.74, 6) is 0.784. The van der Waals surface area contributed by atoms with Crippen molar-refractivity contribution in [2.45, 2.75) is 19.8 Å². The van der Waals surface area contributed by atoms with Crippen LogP contribution in [0.25, 0.3) is 11.3 Å². The van der Waals surface area contributed by atoms with E-state index in [2.05, 4.69) is 15.6 Å². The Labute approximate surface area is 156 Å². The Kier molecular flexibility index (Phi) is 4.34. The highest BCUT2D eigenvalue weighted by atomic mass is 32.1. The maximum atomic E-state index is 11.8. The van der Waals surface area contributed by atoms with Crippen LogP contribution >= 0.6 is 11.3 Å². The summed E-state index contributed by atoms with van der Waals surface area (Å²) in [4.78, 5) is 16.5. The lowest BCUT2D eigenvalue weighted by molar-refractivity contribution is -0.116. The molecule has 0 radical (unpaired) electrons. The molecule has 6 heteroatoms. The van der Waals surface area contributed by atoms with E-state index in [0.29, 0.717) is 6.61 Å². The second kappa shape index (κ2) is 6.80. The maximum absolute atomic E-state index is 11.8. The maximum Gasteiger partial charge on any atom is 0.231 e. The van der Waals surface area contributed by atoms with Crippen LogP contribution in [0.1, 0.15) is 25.3 Å². The smallest absolute Gasteiger partial charge is 0.231 e. The van der Waals surface area contributed by atoms with Crippen molar-refractivity contribution in [3.8, 4) is 17.0 Å². The van der Waals surface area contributed by atoms with Gasteiger partial charge in [0.15, 0.2) is 5.13 Å². The molecule has 2 N–H and O–H groups in total. The summed E-state index contributed by atoms with van der Waals surface area (Å²) in [6.07, 6.45) is 0. The van der Waals surface area contributed by atoms with Crippen LogP contribution in [0.5, 0.6) is 5.75 Å². The number of nitrogens with zero attached hydrogens (tertiary/aromatic N) is 1. The first-order valence-electron chi connectivity index (χ1n) is 8.54. The number of carbonyl (C=O) groups is 1. The number of thiazole rings is 1. The van der Waals surface area contributed by atoms with Crippen LogP contribution < -0.4 is 15.4 Å². The fourth-order valence-corrected chi connectivity index (χ4v) is 3.70. The zero-order chi connectivity index (χ0) is 18.1. The zero-order valence-electron chi connectivity index (χ0n) is 14.6. The predicted octanol–water partition coefficient (Wildman–Crippen LogP) is 5.01. The fourth-order valence-electron chi connectivity index (χ4n) is 2.96. The van der Waals surface area contributed by atoms with Crippen molar-refractivity contribution in [1.82, 2.24) is 4.98 Å². The number of anilines is 3. The first-order valence-corrected chi connectivity index (χ1v) is 9.42. The van der Waals surface area contributed by atoms with Crippen molar-refractivity contribution >= 4 is 33.8 Å². The third-order valence-electron chi connectivity index (χ3n) is 4.39. The molecule has 1 atom stereocenters. The van der Waals surface area contributed by atoms with E-state index in [1.54, 1.807) is 11.3 Å². The molecule has 0 fully saturated rings. The lowest BCUT2D eigenvalue weighted by atomic mass is 10.00. The number of aromatic nitrogens is 1. The molecule has 1 aliphatic heterocycles. The van der Waals surface area contributed by atoms with Crippen molar-refractivity contribution < 1.29 is 9.53 Å². The summed E-state index contributed by atoms with van der Waals surface area (Å²) in [5, 5.41) is 9.06. The molecule has 1 amide bonds. The van der Waals surface area contributed by atoms with Crippen LogP contribution in [0.3, 0.4) is 0 Å². The minimum Gasteiger partial charge on any atom is -0.494 e. The number of fused-ring (bicyclic) bond motifs is 1. The summed E-state index contributed by atoms with van der Waals surface area (Å²) < 4.78 is 5.46. The molecule has 4 rings (SSSR count). The van der Waals surface area contributed by atoms with Gasteiger partial charge in [-0.25, -0.2) is 4.98 Å². The van der Waals surface area contributed by atoms with E-state index in [4.69, 9.17) is 4.74 Å². The molecule has 2 heterocycles. The summed E-state index contributed by atoms with van der Waals surface area (Å²) in [5.41, 5.74) is 4.81. The molecule has 1 aromatic heterocycles. The number of carbonyl (C=O) groups excluding carboxylic acids is 1. The van der Waals surface area contributed by atoms with E-state index < -0.39 is 0 Å². The normalized spacial score (nSPS) is 15.5. The number of nitrogens with one attached hydrogen (secondary N) is 2. The lowest BCUT2D eigenvalue weighted by Gasteiger charge is -2.06. The molecular formula is C20H19N3O2S. The highest BCUT2D eigenvalue weighted by molar-refractivity contribution is 7.14. The van der Waals surface area contributed by atoms with Crippen LogP contribution in [0.15, 0.2) is 47.8 Å². The number of rotatable bonds is 5. The van der Waals surface area contributed by atoms with Gasteiger partial charge in [-0.3, -0.25) is 4.79 Å². The highest BCUT2D eigenvalue weighted by Crippen LogP contribution is 2.36. The average Bonchev–Trinajstić information content (AvgIpc) is 3.22. The quantitative estimate of drug-likeness (QED) is 0.667. The highest BCUT2D eigenvalue weighted by Gasteiger charge is 2.26. The van der Waals surface area contributed by atoms with Gasteiger partial charge in [0.1, 0.15) is 5.75 Å². The zero-order valence-corrected chi connectivity index (χ0v) is 15.4. The summed E-state index contributed by atoms with van der Waals surface area (Å²) in [7, 11) is 0. The summed E-state index contributed by atoms with van der Waals surface area (Å²) >= 11 is 1.55. The number of hydrogen-bond acceptors (Lipinski definition) is 5. The largest absolute Gasteiger partial charge is 0.494 e. The molecule has 0 spiro atoms. The van der Waals surface area contributed by atoms with Crippen LogP contribution in [-0.4, -0.2) is 17.5 Å². The van der Waals surface area contributed by atoms with Crippen LogP contribution in [0.4, 0.5) is 16.5 Å². The summed E-state index contributed by atoms with van der Waals surface area (Å²) in [6.45, 7) is 4.54. The third-order valence-corrected chi connectivity index (χ3v) is 5.14. The number of benzene rings is 2. The van der Waals surface area contributed by atoms with Crippen LogP contribution in [0, 0.1) is 0 Å². The molecule has 132 valence electrons. The molecule has 0 saturated carbocycles. The molecule has 0 saturated heterocycles. The first-order chi connectivity index (χ1) is 12.6. The van der Waals surface area contributed by atoms with E-state index in [0.717, 1.165) is 39.1 Å². The third kappa shape index (κ3) is 3.15. The van der Waals surface area contributed by atoms with Crippen LogP contribution in [0.2, 0.25) is 0 Å². The molecule has 5 nitrogen and oxygen atoms in total. The molecule has 1 aliphatic rings. The fraction of sp³-hybridized carbons (Fsp3) is 0.200. The molecule has 3 aromatic rings. The molecule has 0 bridgehead atoms. The van der Waals surface area contributed by atoms with E-state index in [1.807, 2.05) is 61.7 Å². The van der Waals surface area contributed by atoms with Gasteiger partial charge in [-0.15, -0.1) is 11.3 Å². The van der Waals surface area contributed by atoms with Gasteiger partial charge in [0.05, 0.1) is 18.2 Å². The molecule has 0 unspecified atom stereocenters. The van der Waals surface area contributed by atoms with E-state index in [1.165, 1.54) is 0 Å². The van der Waals surface area contributed by atoms with Gasteiger partial charge >= 0.3 is 0 Å². The van der Waals surface area contributed by atoms with Gasteiger partial charge in [-0.05, 0) is 55.8 Å². The average molecular weight is 365 g/mol. The van der Waals surface area contributed by atoms with Gasteiger partial charge in [0.25, 0.3) is 0 Å². The monoisotopic (exact) mass is 365 g/mol. The Bertz CT molecular complexity index is 950.